The Balaban J connectivity index is 2.04. The summed E-state index contributed by atoms with van der Waals surface area (Å²) < 4.78 is 10.6. The van der Waals surface area contributed by atoms with Crippen molar-refractivity contribution in [3.05, 3.63) is 46.3 Å². The van der Waals surface area contributed by atoms with Crippen LogP contribution in [0.25, 0.3) is 0 Å². The van der Waals surface area contributed by atoms with Crippen LogP contribution in [-0.2, 0) is 13.0 Å². The van der Waals surface area contributed by atoms with Crippen molar-refractivity contribution < 1.29 is 9.26 Å². The minimum absolute atomic E-state index is 0.0961. The highest BCUT2D eigenvalue weighted by molar-refractivity contribution is 6.30. The zero-order chi connectivity index (χ0) is 14.5. The quantitative estimate of drug-likeness (QED) is 0.881. The monoisotopic (exact) mass is 294 g/mol. The Morgan fingerprint density at radius 1 is 1.40 bits per heavy atom. The lowest BCUT2D eigenvalue weighted by atomic mass is 10.1. The van der Waals surface area contributed by atoms with Gasteiger partial charge in [0, 0.05) is 22.7 Å². The SMILES string of the molecule is CCc1cc(CN[C@@H](C)c2cc(Cl)ccc2OC)on1. The summed E-state index contributed by atoms with van der Waals surface area (Å²) in [5.41, 5.74) is 1.99. The first kappa shape index (κ1) is 14.9. The van der Waals surface area contributed by atoms with Crippen LogP contribution in [0, 0.1) is 0 Å². The molecule has 0 bridgehead atoms. The zero-order valence-corrected chi connectivity index (χ0v) is 12.7. The highest BCUT2D eigenvalue weighted by atomic mass is 35.5. The summed E-state index contributed by atoms with van der Waals surface area (Å²) in [7, 11) is 1.66. The predicted molar refractivity (Wildman–Crippen MR) is 79.1 cm³/mol. The normalized spacial score (nSPS) is 12.4. The molecular formula is C15H19ClN2O2. The standard InChI is InChI=1S/C15H19ClN2O2/c1-4-12-8-13(20-18-12)9-17-10(2)14-7-11(16)5-6-15(14)19-3/h5-8,10,17H,4,9H2,1-3H3/t10-/m0/s1. The summed E-state index contributed by atoms with van der Waals surface area (Å²) in [6.07, 6.45) is 0.876. The molecule has 0 unspecified atom stereocenters. The first-order valence-corrected chi connectivity index (χ1v) is 7.03. The lowest BCUT2D eigenvalue weighted by molar-refractivity contribution is 0.358. The summed E-state index contributed by atoms with van der Waals surface area (Å²) in [6, 6.07) is 7.67. The average Bonchev–Trinajstić information content (AvgIpc) is 2.92. The molecule has 1 atom stereocenters. The number of rotatable bonds is 6. The summed E-state index contributed by atoms with van der Waals surface area (Å²) in [4.78, 5) is 0. The number of hydrogen-bond donors (Lipinski definition) is 1. The molecule has 2 rings (SSSR count). The van der Waals surface area contributed by atoms with Crippen molar-refractivity contribution in [2.24, 2.45) is 0 Å². The molecule has 0 saturated heterocycles. The fraction of sp³-hybridized carbons (Fsp3) is 0.400. The van der Waals surface area contributed by atoms with E-state index in [2.05, 4.69) is 24.3 Å². The fourth-order valence-electron chi connectivity index (χ4n) is 2.01. The smallest absolute Gasteiger partial charge is 0.150 e. The lowest BCUT2D eigenvalue weighted by Gasteiger charge is -2.16. The van der Waals surface area contributed by atoms with E-state index in [0.717, 1.165) is 29.2 Å². The molecule has 1 aromatic carbocycles. The second-order valence-electron chi connectivity index (χ2n) is 4.63. The maximum Gasteiger partial charge on any atom is 0.150 e. The number of nitrogens with one attached hydrogen (secondary N) is 1. The second kappa shape index (κ2) is 6.77. The van der Waals surface area contributed by atoms with Crippen molar-refractivity contribution in [1.29, 1.82) is 0 Å². The number of halogens is 1. The number of hydrogen-bond acceptors (Lipinski definition) is 4. The third kappa shape index (κ3) is 3.52. The van der Waals surface area contributed by atoms with Gasteiger partial charge in [-0.25, -0.2) is 0 Å². The minimum Gasteiger partial charge on any atom is -0.496 e. The molecule has 0 radical (unpaired) electrons. The number of aromatic nitrogens is 1. The molecule has 1 aromatic heterocycles. The van der Waals surface area contributed by atoms with Crippen molar-refractivity contribution in [2.75, 3.05) is 7.11 Å². The maximum absolute atomic E-state index is 6.05. The Labute approximate surface area is 124 Å². The molecule has 5 heteroatoms. The summed E-state index contributed by atoms with van der Waals surface area (Å²) in [5.74, 6) is 1.65. The van der Waals surface area contributed by atoms with Gasteiger partial charge in [0.1, 0.15) is 5.75 Å². The molecule has 0 fully saturated rings. The van der Waals surface area contributed by atoms with Crippen LogP contribution in [0.1, 0.15) is 36.9 Å². The van der Waals surface area contributed by atoms with Crippen LogP contribution in [0.2, 0.25) is 5.02 Å². The molecule has 108 valence electrons. The van der Waals surface area contributed by atoms with E-state index in [-0.39, 0.29) is 6.04 Å². The van der Waals surface area contributed by atoms with Gasteiger partial charge in [-0.3, -0.25) is 0 Å². The van der Waals surface area contributed by atoms with E-state index >= 15 is 0 Å². The van der Waals surface area contributed by atoms with Crippen LogP contribution >= 0.6 is 11.6 Å². The number of methoxy groups -OCH3 is 1. The van der Waals surface area contributed by atoms with Crippen LogP contribution in [0.15, 0.2) is 28.8 Å². The van der Waals surface area contributed by atoms with Crippen LogP contribution < -0.4 is 10.1 Å². The number of aryl methyl sites for hydroxylation is 1. The van der Waals surface area contributed by atoms with E-state index < -0.39 is 0 Å². The van der Waals surface area contributed by atoms with Gasteiger partial charge in [-0.2, -0.15) is 0 Å². The molecule has 0 saturated carbocycles. The Kier molecular flexibility index (Phi) is 5.04. The molecule has 0 aliphatic rings. The Morgan fingerprint density at radius 3 is 2.85 bits per heavy atom. The van der Waals surface area contributed by atoms with Crippen LogP contribution in [0.5, 0.6) is 5.75 Å². The van der Waals surface area contributed by atoms with E-state index in [4.69, 9.17) is 20.9 Å². The summed E-state index contributed by atoms with van der Waals surface area (Å²) >= 11 is 6.05. The largest absolute Gasteiger partial charge is 0.496 e. The van der Waals surface area contributed by atoms with Gasteiger partial charge in [-0.15, -0.1) is 0 Å². The molecule has 0 amide bonds. The highest BCUT2D eigenvalue weighted by Crippen LogP contribution is 2.28. The minimum atomic E-state index is 0.0961. The third-order valence-electron chi connectivity index (χ3n) is 3.21. The van der Waals surface area contributed by atoms with Gasteiger partial charge in [0.05, 0.1) is 19.3 Å². The molecule has 1 heterocycles. The van der Waals surface area contributed by atoms with E-state index in [1.54, 1.807) is 7.11 Å². The number of benzene rings is 1. The summed E-state index contributed by atoms with van der Waals surface area (Å²) in [5, 5.41) is 8.05. The fourth-order valence-corrected chi connectivity index (χ4v) is 2.19. The molecule has 0 aliphatic carbocycles. The van der Waals surface area contributed by atoms with Crippen molar-refractivity contribution >= 4 is 11.6 Å². The molecule has 2 aromatic rings. The average molecular weight is 295 g/mol. The topological polar surface area (TPSA) is 47.3 Å². The van der Waals surface area contributed by atoms with Gasteiger partial charge in [0.25, 0.3) is 0 Å². The molecule has 20 heavy (non-hydrogen) atoms. The summed E-state index contributed by atoms with van der Waals surface area (Å²) in [6.45, 7) is 4.73. The highest BCUT2D eigenvalue weighted by Gasteiger charge is 2.13. The van der Waals surface area contributed by atoms with E-state index in [1.165, 1.54) is 0 Å². The molecule has 4 nitrogen and oxygen atoms in total. The van der Waals surface area contributed by atoms with Gasteiger partial charge >= 0.3 is 0 Å². The Hall–Kier alpha value is -1.52. The number of nitrogens with zero attached hydrogens (tertiary/aromatic N) is 1. The Bertz CT molecular complexity index is 569. The first-order valence-electron chi connectivity index (χ1n) is 6.65. The van der Waals surface area contributed by atoms with Crippen molar-refractivity contribution in [3.8, 4) is 5.75 Å². The van der Waals surface area contributed by atoms with E-state index in [0.29, 0.717) is 11.6 Å². The molecule has 1 N–H and O–H groups in total. The van der Waals surface area contributed by atoms with Crippen LogP contribution in [-0.4, -0.2) is 12.3 Å². The van der Waals surface area contributed by atoms with Gasteiger partial charge in [-0.05, 0) is 31.5 Å². The lowest BCUT2D eigenvalue weighted by Crippen LogP contribution is -2.18. The van der Waals surface area contributed by atoms with Crippen LogP contribution in [0.4, 0.5) is 0 Å². The third-order valence-corrected chi connectivity index (χ3v) is 3.45. The Morgan fingerprint density at radius 2 is 2.20 bits per heavy atom. The van der Waals surface area contributed by atoms with Gasteiger partial charge in [-0.1, -0.05) is 23.7 Å². The van der Waals surface area contributed by atoms with Crippen molar-refractivity contribution in [1.82, 2.24) is 10.5 Å². The van der Waals surface area contributed by atoms with Crippen molar-refractivity contribution in [2.45, 2.75) is 32.9 Å². The zero-order valence-electron chi connectivity index (χ0n) is 11.9. The second-order valence-corrected chi connectivity index (χ2v) is 5.06. The van der Waals surface area contributed by atoms with Gasteiger partial charge in [0.15, 0.2) is 5.76 Å². The molecular weight excluding hydrogens is 276 g/mol. The maximum atomic E-state index is 6.05. The van der Waals surface area contributed by atoms with Crippen LogP contribution in [0.3, 0.4) is 0 Å². The predicted octanol–water partition coefficient (Wildman–Crippen LogP) is 3.75. The molecule has 0 spiro atoms. The van der Waals surface area contributed by atoms with Crippen molar-refractivity contribution in [3.63, 3.8) is 0 Å². The van der Waals surface area contributed by atoms with E-state index in [9.17, 15) is 0 Å². The van der Waals surface area contributed by atoms with Gasteiger partial charge < -0.3 is 14.6 Å². The van der Waals surface area contributed by atoms with E-state index in [1.807, 2.05) is 24.3 Å². The van der Waals surface area contributed by atoms with Gasteiger partial charge in [0.2, 0.25) is 0 Å². The number of ether oxygens (including phenoxy) is 1. The first-order chi connectivity index (χ1) is 9.63. The molecule has 0 aliphatic heterocycles.